The maximum Gasteiger partial charge on any atom is 0.311 e. The zero-order valence-corrected chi connectivity index (χ0v) is 21.9. The molecule has 0 aliphatic rings. The summed E-state index contributed by atoms with van der Waals surface area (Å²) in [4.78, 5) is 24.8. The van der Waals surface area contributed by atoms with E-state index in [1.54, 1.807) is 6.07 Å². The fourth-order valence-corrected chi connectivity index (χ4v) is 4.52. The molecule has 194 valence electrons. The summed E-state index contributed by atoms with van der Waals surface area (Å²) in [5.41, 5.74) is 4.59. The average Bonchev–Trinajstić information content (AvgIpc) is 2.92. The monoisotopic (exact) mass is 509 g/mol. The van der Waals surface area contributed by atoms with Gasteiger partial charge in [-0.25, -0.2) is 0 Å². The van der Waals surface area contributed by atoms with Crippen LogP contribution in [0.4, 0.5) is 5.69 Å². The third-order valence-electron chi connectivity index (χ3n) is 6.71. The number of benzene rings is 4. The molecule has 0 aromatic heterocycles. The molecule has 1 unspecified atom stereocenters. The first-order valence-corrected chi connectivity index (χ1v) is 12.7. The third-order valence-corrected chi connectivity index (χ3v) is 6.71. The summed E-state index contributed by atoms with van der Waals surface area (Å²) in [6.45, 7) is 3.93. The van der Waals surface area contributed by atoms with Crippen molar-refractivity contribution in [2.24, 2.45) is 0 Å². The minimum atomic E-state index is -0.494. The van der Waals surface area contributed by atoms with E-state index in [0.717, 1.165) is 24.1 Å². The number of rotatable bonds is 12. The van der Waals surface area contributed by atoms with Crippen molar-refractivity contribution < 1.29 is 18.9 Å². The van der Waals surface area contributed by atoms with Gasteiger partial charge in [-0.05, 0) is 30.2 Å². The van der Waals surface area contributed by atoms with Crippen molar-refractivity contribution in [2.75, 3.05) is 20.1 Å². The predicted molar refractivity (Wildman–Crippen MR) is 149 cm³/mol. The Hall–Kier alpha value is -4.29. The second kappa shape index (κ2) is 12.3. The van der Waals surface area contributed by atoms with Crippen molar-refractivity contribution in [3.05, 3.63) is 141 Å². The van der Waals surface area contributed by atoms with E-state index >= 15 is 0 Å². The summed E-state index contributed by atoms with van der Waals surface area (Å²) in [7, 11) is 2.07. The molecule has 0 saturated carbocycles. The highest BCUT2D eigenvalue weighted by molar-refractivity contribution is 5.97. The van der Waals surface area contributed by atoms with E-state index in [-0.39, 0.29) is 30.4 Å². The maximum absolute atomic E-state index is 13.5. The molecule has 0 aliphatic heterocycles. The Morgan fingerprint density at radius 2 is 1.47 bits per heavy atom. The van der Waals surface area contributed by atoms with E-state index in [1.807, 2.05) is 48.5 Å². The van der Waals surface area contributed by atoms with Crippen LogP contribution in [0.3, 0.4) is 0 Å². The summed E-state index contributed by atoms with van der Waals surface area (Å²) >= 11 is 0. The molecular formula is C32H33N2O4+. The van der Waals surface area contributed by atoms with Gasteiger partial charge in [0.2, 0.25) is 5.78 Å². The second-order valence-corrected chi connectivity index (χ2v) is 10.0. The Labute approximate surface area is 223 Å². The van der Waals surface area contributed by atoms with Crippen LogP contribution in [-0.4, -0.2) is 35.3 Å². The van der Waals surface area contributed by atoms with Crippen molar-refractivity contribution in [3.8, 4) is 5.75 Å². The molecule has 6 heteroatoms. The number of hydrogen-bond donors (Lipinski definition) is 0. The number of nitro benzene ring substituents is 1. The van der Waals surface area contributed by atoms with Gasteiger partial charge in [0.25, 0.3) is 0 Å². The van der Waals surface area contributed by atoms with Crippen LogP contribution in [0.5, 0.6) is 5.75 Å². The number of Topliss-reactive ketones (excluding diaryl/α,β-unsaturated/α-hetero) is 1. The lowest BCUT2D eigenvalue weighted by Gasteiger charge is -2.34. The molecule has 0 aliphatic carbocycles. The summed E-state index contributed by atoms with van der Waals surface area (Å²) in [5, 5.41) is 11.8. The summed E-state index contributed by atoms with van der Waals surface area (Å²) in [6.07, 6.45) is 0.823. The van der Waals surface area contributed by atoms with Gasteiger partial charge in [0.05, 0.1) is 18.5 Å². The molecule has 4 aromatic rings. The Balaban J connectivity index is 1.53. The minimum Gasteiger partial charge on any atom is -0.482 e. The lowest BCUT2D eigenvalue weighted by atomic mass is 10.0. The predicted octanol–water partition coefficient (Wildman–Crippen LogP) is 6.55. The van der Waals surface area contributed by atoms with Crippen LogP contribution < -0.4 is 4.74 Å². The van der Waals surface area contributed by atoms with Gasteiger partial charge in [-0.3, -0.25) is 14.9 Å². The molecule has 0 N–H and O–H groups in total. The van der Waals surface area contributed by atoms with Gasteiger partial charge in [-0.15, -0.1) is 0 Å². The molecule has 4 rings (SSSR count). The fraction of sp³-hybridized carbons (Fsp3) is 0.219. The fourth-order valence-electron chi connectivity index (χ4n) is 4.52. The Bertz CT molecular complexity index is 1370. The van der Waals surface area contributed by atoms with Gasteiger partial charge in [-0.1, -0.05) is 90.5 Å². The highest BCUT2D eigenvalue weighted by Crippen LogP contribution is 2.29. The first-order valence-electron chi connectivity index (χ1n) is 12.7. The van der Waals surface area contributed by atoms with Crippen molar-refractivity contribution in [2.45, 2.75) is 26.5 Å². The number of hydrogen-bond acceptors (Lipinski definition) is 4. The maximum atomic E-state index is 13.5. The number of quaternary nitrogens is 1. The van der Waals surface area contributed by atoms with Crippen molar-refractivity contribution in [1.29, 1.82) is 0 Å². The molecule has 4 aromatic carbocycles. The number of aryl methyl sites for hydroxylation is 1. The Morgan fingerprint density at radius 3 is 2.11 bits per heavy atom. The molecule has 38 heavy (non-hydrogen) atoms. The normalized spacial score (nSPS) is 12.5. The Kier molecular flexibility index (Phi) is 8.66. The highest BCUT2D eigenvalue weighted by Gasteiger charge is 2.28. The van der Waals surface area contributed by atoms with E-state index < -0.39 is 4.92 Å². The largest absolute Gasteiger partial charge is 0.482 e. The van der Waals surface area contributed by atoms with E-state index in [1.165, 1.54) is 23.3 Å². The molecule has 0 saturated heterocycles. The number of nitrogens with zero attached hydrogens (tertiary/aromatic N) is 2. The lowest BCUT2D eigenvalue weighted by Crippen LogP contribution is -2.48. The SMILES string of the molecule is Cc1ccc(CC[N+](C)(CC(=O)c2ccc(OCc3ccccc3)c([N+](=O)[O-])c2)Cc2ccccc2)cc1. The molecule has 0 spiro atoms. The van der Waals surface area contributed by atoms with Gasteiger partial charge >= 0.3 is 5.69 Å². The summed E-state index contributed by atoms with van der Waals surface area (Å²) < 4.78 is 6.22. The molecule has 1 atom stereocenters. The number of likely N-dealkylation sites (N-methyl/N-ethyl adjacent to an activating group) is 1. The zero-order chi connectivity index (χ0) is 27.0. The van der Waals surface area contributed by atoms with E-state index in [0.29, 0.717) is 16.6 Å². The van der Waals surface area contributed by atoms with Crippen LogP contribution in [0.25, 0.3) is 0 Å². The molecule has 0 radical (unpaired) electrons. The van der Waals surface area contributed by atoms with Crippen molar-refractivity contribution >= 4 is 11.5 Å². The number of carbonyl (C=O) groups is 1. The van der Waals surface area contributed by atoms with Gasteiger partial charge in [0, 0.05) is 23.6 Å². The molecule has 0 amide bonds. The smallest absolute Gasteiger partial charge is 0.311 e. The molecular weight excluding hydrogens is 476 g/mol. The quantitative estimate of drug-likeness (QED) is 0.0939. The van der Waals surface area contributed by atoms with Crippen LogP contribution in [-0.2, 0) is 19.6 Å². The van der Waals surface area contributed by atoms with Crippen molar-refractivity contribution in [1.82, 2.24) is 0 Å². The van der Waals surface area contributed by atoms with Gasteiger partial charge in [0.1, 0.15) is 19.7 Å². The standard InChI is InChI=1S/C32H33N2O4/c1-25-13-15-26(16-14-25)19-20-34(2,22-27-9-5-3-6-10-27)23-31(35)29-17-18-32(30(21-29)33(36)37)38-24-28-11-7-4-8-12-28/h3-18,21H,19-20,22-24H2,1-2H3/q+1. The highest BCUT2D eigenvalue weighted by atomic mass is 16.6. The third kappa shape index (κ3) is 7.37. The first kappa shape index (κ1) is 26.8. The number of carbonyl (C=O) groups excluding carboxylic acids is 1. The lowest BCUT2D eigenvalue weighted by molar-refractivity contribution is -0.914. The number of ketones is 1. The average molecular weight is 510 g/mol. The molecule has 6 nitrogen and oxygen atoms in total. The van der Waals surface area contributed by atoms with Gasteiger partial charge in [0.15, 0.2) is 5.75 Å². The van der Waals surface area contributed by atoms with E-state index in [9.17, 15) is 14.9 Å². The van der Waals surface area contributed by atoms with Crippen LogP contribution in [0.2, 0.25) is 0 Å². The molecule has 0 fully saturated rings. The first-order chi connectivity index (χ1) is 18.3. The van der Waals surface area contributed by atoms with Crippen LogP contribution >= 0.6 is 0 Å². The number of nitro groups is 1. The summed E-state index contributed by atoms with van der Waals surface area (Å²) in [6, 6.07) is 32.5. The summed E-state index contributed by atoms with van der Waals surface area (Å²) in [5.74, 6) is 0.0151. The van der Waals surface area contributed by atoms with Crippen molar-refractivity contribution in [3.63, 3.8) is 0 Å². The van der Waals surface area contributed by atoms with Gasteiger partial charge < -0.3 is 9.22 Å². The zero-order valence-electron chi connectivity index (χ0n) is 21.9. The minimum absolute atomic E-state index is 0.134. The van der Waals surface area contributed by atoms with Crippen LogP contribution in [0.1, 0.15) is 32.6 Å². The molecule has 0 heterocycles. The Morgan fingerprint density at radius 1 is 0.842 bits per heavy atom. The van der Waals surface area contributed by atoms with Crippen LogP contribution in [0, 0.1) is 17.0 Å². The van der Waals surface area contributed by atoms with E-state index in [2.05, 4.69) is 50.4 Å². The van der Waals surface area contributed by atoms with Crippen LogP contribution in [0.15, 0.2) is 103 Å². The molecule has 0 bridgehead atoms. The van der Waals surface area contributed by atoms with E-state index in [4.69, 9.17) is 4.74 Å². The second-order valence-electron chi connectivity index (χ2n) is 10.0. The van der Waals surface area contributed by atoms with Gasteiger partial charge in [-0.2, -0.15) is 0 Å². The topological polar surface area (TPSA) is 69.4 Å². The number of ether oxygens (including phenoxy) is 1.